The number of hydrogen-bond donors (Lipinski definition) is 3. The first-order chi connectivity index (χ1) is 14.9. The van der Waals surface area contributed by atoms with Crippen molar-refractivity contribution < 1.29 is 24.5 Å². The minimum Gasteiger partial charge on any atom is -0.488 e. The summed E-state index contributed by atoms with van der Waals surface area (Å²) in [6, 6.07) is 8.66. The lowest BCUT2D eigenvalue weighted by Crippen LogP contribution is -2.34. The number of carbonyl (C=O) groups excluding carboxylic acids is 1. The SMILES string of the molecule is Cc1ccnc2c1ccn2[C@@H]1C[C@H](Oc2cccc3c2C(=O)NC[C@@H](C)O3)[C@@H](O)[C@H]1O. The normalized spacial score (nSPS) is 28.0. The topological polar surface area (TPSA) is 106 Å². The predicted molar refractivity (Wildman–Crippen MR) is 113 cm³/mol. The number of benzene rings is 1. The van der Waals surface area contributed by atoms with E-state index in [1.165, 1.54) is 0 Å². The third kappa shape index (κ3) is 3.32. The van der Waals surface area contributed by atoms with Crippen LogP contribution in [-0.4, -0.2) is 56.6 Å². The lowest BCUT2D eigenvalue weighted by atomic mass is 10.1. The fourth-order valence-electron chi connectivity index (χ4n) is 4.50. The summed E-state index contributed by atoms with van der Waals surface area (Å²) < 4.78 is 13.8. The van der Waals surface area contributed by atoms with Crippen LogP contribution in [-0.2, 0) is 0 Å². The maximum Gasteiger partial charge on any atom is 0.258 e. The van der Waals surface area contributed by atoms with Gasteiger partial charge in [-0.1, -0.05) is 6.07 Å². The molecule has 5 rings (SSSR count). The Bertz CT molecular complexity index is 1140. The summed E-state index contributed by atoms with van der Waals surface area (Å²) in [5.74, 6) is 0.489. The van der Waals surface area contributed by atoms with E-state index in [0.717, 1.165) is 16.6 Å². The van der Waals surface area contributed by atoms with E-state index < -0.39 is 24.4 Å². The number of aliphatic hydroxyl groups is 2. The quantitative estimate of drug-likeness (QED) is 0.595. The second kappa shape index (κ2) is 7.55. The van der Waals surface area contributed by atoms with Gasteiger partial charge in [0.15, 0.2) is 0 Å². The smallest absolute Gasteiger partial charge is 0.258 e. The zero-order chi connectivity index (χ0) is 21.7. The van der Waals surface area contributed by atoms with E-state index in [-0.39, 0.29) is 12.0 Å². The van der Waals surface area contributed by atoms with Gasteiger partial charge in [-0.3, -0.25) is 4.79 Å². The fourth-order valence-corrected chi connectivity index (χ4v) is 4.50. The lowest BCUT2D eigenvalue weighted by molar-refractivity contribution is -0.0165. The highest BCUT2D eigenvalue weighted by Gasteiger charge is 2.45. The number of aliphatic hydroxyl groups excluding tert-OH is 2. The van der Waals surface area contributed by atoms with Crippen molar-refractivity contribution >= 4 is 16.9 Å². The van der Waals surface area contributed by atoms with E-state index in [0.29, 0.717) is 30.0 Å². The largest absolute Gasteiger partial charge is 0.488 e. The van der Waals surface area contributed by atoms with E-state index in [4.69, 9.17) is 9.47 Å². The van der Waals surface area contributed by atoms with Gasteiger partial charge in [-0.25, -0.2) is 4.98 Å². The first-order valence-corrected chi connectivity index (χ1v) is 10.5. The van der Waals surface area contributed by atoms with Gasteiger partial charge in [0.25, 0.3) is 5.91 Å². The number of hydrogen-bond acceptors (Lipinski definition) is 6. The number of ether oxygens (including phenoxy) is 2. The third-order valence-corrected chi connectivity index (χ3v) is 6.16. The maximum absolute atomic E-state index is 12.6. The molecular weight excluding hydrogens is 398 g/mol. The molecule has 8 nitrogen and oxygen atoms in total. The van der Waals surface area contributed by atoms with Crippen LogP contribution in [0.25, 0.3) is 11.0 Å². The molecule has 1 fully saturated rings. The van der Waals surface area contributed by atoms with Crippen LogP contribution in [0.1, 0.15) is 35.3 Å². The number of rotatable bonds is 3. The van der Waals surface area contributed by atoms with Crippen molar-refractivity contribution in [1.82, 2.24) is 14.9 Å². The van der Waals surface area contributed by atoms with Crippen molar-refractivity contribution in [3.05, 3.63) is 53.9 Å². The molecule has 2 aliphatic rings. The molecule has 0 saturated heterocycles. The molecule has 0 radical (unpaired) electrons. The molecule has 0 spiro atoms. The number of nitrogens with one attached hydrogen (secondary N) is 1. The van der Waals surface area contributed by atoms with Crippen LogP contribution < -0.4 is 14.8 Å². The molecule has 1 amide bonds. The molecule has 0 unspecified atom stereocenters. The number of aromatic nitrogens is 2. The highest BCUT2D eigenvalue weighted by atomic mass is 16.5. The van der Waals surface area contributed by atoms with Crippen LogP contribution in [0.15, 0.2) is 42.7 Å². The monoisotopic (exact) mass is 423 g/mol. The molecule has 3 aromatic rings. The summed E-state index contributed by atoms with van der Waals surface area (Å²) in [6.45, 7) is 4.28. The summed E-state index contributed by atoms with van der Waals surface area (Å²) >= 11 is 0. The summed E-state index contributed by atoms with van der Waals surface area (Å²) in [4.78, 5) is 17.1. The average Bonchev–Trinajstić information content (AvgIpc) is 3.25. The van der Waals surface area contributed by atoms with Gasteiger partial charge in [-0.05, 0) is 43.7 Å². The highest BCUT2D eigenvalue weighted by molar-refractivity contribution is 6.00. The number of pyridine rings is 1. The van der Waals surface area contributed by atoms with E-state index in [9.17, 15) is 15.0 Å². The predicted octanol–water partition coefficient (Wildman–Crippen LogP) is 1.97. The van der Waals surface area contributed by atoms with E-state index in [1.807, 2.05) is 36.7 Å². The minimum absolute atomic E-state index is 0.165. The summed E-state index contributed by atoms with van der Waals surface area (Å²) in [5, 5.41) is 25.4. The van der Waals surface area contributed by atoms with Gasteiger partial charge in [0.2, 0.25) is 0 Å². The van der Waals surface area contributed by atoms with Crippen molar-refractivity contribution in [2.24, 2.45) is 0 Å². The van der Waals surface area contributed by atoms with Crippen LogP contribution in [0.3, 0.4) is 0 Å². The molecule has 8 heteroatoms. The van der Waals surface area contributed by atoms with Crippen LogP contribution in [0.4, 0.5) is 0 Å². The summed E-state index contributed by atoms with van der Waals surface area (Å²) in [6.07, 6.45) is 0.976. The number of nitrogens with zero attached hydrogens (tertiary/aromatic N) is 2. The molecule has 31 heavy (non-hydrogen) atoms. The van der Waals surface area contributed by atoms with Gasteiger partial charge < -0.3 is 29.6 Å². The molecule has 3 N–H and O–H groups in total. The Morgan fingerprint density at radius 2 is 2.06 bits per heavy atom. The second-order valence-corrected chi connectivity index (χ2v) is 8.30. The fraction of sp³-hybridized carbons (Fsp3) is 0.391. The van der Waals surface area contributed by atoms with E-state index >= 15 is 0 Å². The first-order valence-electron chi connectivity index (χ1n) is 10.5. The molecular formula is C23H25N3O5. The molecule has 5 atom stereocenters. The molecule has 0 bridgehead atoms. The Kier molecular flexibility index (Phi) is 4.83. The van der Waals surface area contributed by atoms with Crippen molar-refractivity contribution in [2.75, 3.05) is 6.54 Å². The van der Waals surface area contributed by atoms with Crippen LogP contribution in [0.5, 0.6) is 11.5 Å². The average molecular weight is 423 g/mol. The molecule has 1 saturated carbocycles. The summed E-state index contributed by atoms with van der Waals surface area (Å²) in [5.41, 5.74) is 2.16. The van der Waals surface area contributed by atoms with Crippen molar-refractivity contribution in [3.8, 4) is 11.5 Å². The number of carbonyl (C=O) groups is 1. The van der Waals surface area contributed by atoms with Crippen molar-refractivity contribution in [1.29, 1.82) is 0 Å². The Hall–Kier alpha value is -3.10. The Labute approximate surface area is 179 Å². The van der Waals surface area contributed by atoms with Gasteiger partial charge in [0.1, 0.15) is 47.1 Å². The first kappa shape index (κ1) is 19.8. The molecule has 3 heterocycles. The van der Waals surface area contributed by atoms with E-state index in [1.54, 1.807) is 24.4 Å². The Balaban J connectivity index is 1.45. The van der Waals surface area contributed by atoms with Gasteiger partial charge >= 0.3 is 0 Å². The molecule has 1 aliphatic heterocycles. The Morgan fingerprint density at radius 1 is 1.23 bits per heavy atom. The lowest BCUT2D eigenvalue weighted by Gasteiger charge is -2.20. The molecule has 1 aliphatic carbocycles. The standard InChI is InChI=1S/C23H25N3O5/c1-12-6-8-24-22-14(12)7-9-26(22)15-10-18(21(28)20(15)27)31-17-5-3-4-16-19(17)23(29)25-11-13(2)30-16/h3-9,13,15,18,20-21,27-28H,10-11H2,1-2H3,(H,25,29)/t13-,15-,18+,20+,21-/m1/s1. The third-order valence-electron chi connectivity index (χ3n) is 6.16. The minimum atomic E-state index is -1.11. The second-order valence-electron chi connectivity index (χ2n) is 8.30. The Morgan fingerprint density at radius 3 is 2.90 bits per heavy atom. The van der Waals surface area contributed by atoms with Gasteiger partial charge in [-0.15, -0.1) is 0 Å². The van der Waals surface area contributed by atoms with Crippen LogP contribution >= 0.6 is 0 Å². The number of aryl methyl sites for hydroxylation is 1. The van der Waals surface area contributed by atoms with Crippen LogP contribution in [0, 0.1) is 6.92 Å². The molecule has 2 aromatic heterocycles. The highest BCUT2D eigenvalue weighted by Crippen LogP contribution is 2.38. The summed E-state index contributed by atoms with van der Waals surface area (Å²) in [7, 11) is 0. The van der Waals surface area contributed by atoms with Gasteiger partial charge in [0, 0.05) is 24.2 Å². The molecule has 1 aromatic carbocycles. The molecule has 162 valence electrons. The van der Waals surface area contributed by atoms with Crippen molar-refractivity contribution in [2.45, 2.75) is 50.7 Å². The number of amides is 1. The van der Waals surface area contributed by atoms with Crippen LogP contribution in [0.2, 0.25) is 0 Å². The van der Waals surface area contributed by atoms with E-state index in [2.05, 4.69) is 10.3 Å². The van der Waals surface area contributed by atoms with Crippen molar-refractivity contribution in [3.63, 3.8) is 0 Å². The zero-order valence-corrected chi connectivity index (χ0v) is 17.4. The number of fused-ring (bicyclic) bond motifs is 2. The van der Waals surface area contributed by atoms with Gasteiger partial charge in [0.05, 0.1) is 12.6 Å². The zero-order valence-electron chi connectivity index (χ0n) is 17.4. The maximum atomic E-state index is 12.6. The van der Waals surface area contributed by atoms with Gasteiger partial charge in [-0.2, -0.15) is 0 Å².